The fourth-order valence-corrected chi connectivity index (χ4v) is 4.22. The van der Waals surface area contributed by atoms with E-state index in [2.05, 4.69) is 5.32 Å². The molecule has 1 aromatic carbocycles. The van der Waals surface area contributed by atoms with Crippen molar-refractivity contribution >= 4 is 54.0 Å². The van der Waals surface area contributed by atoms with Crippen LogP contribution in [0.5, 0.6) is 0 Å². The Balaban J connectivity index is 0.00000182. The van der Waals surface area contributed by atoms with Gasteiger partial charge in [-0.1, -0.05) is 0 Å². The highest BCUT2D eigenvalue weighted by atomic mass is 35.5. The van der Waals surface area contributed by atoms with Crippen molar-refractivity contribution in [2.24, 2.45) is 0 Å². The Morgan fingerprint density at radius 3 is 2.48 bits per heavy atom. The number of halogens is 3. The molecular weight excluding hydrogens is 412 g/mol. The number of rotatable bonds is 4. The van der Waals surface area contributed by atoms with Gasteiger partial charge in [-0.15, -0.1) is 24.8 Å². The highest BCUT2D eigenvalue weighted by Gasteiger charge is 2.25. The molecule has 2 saturated heterocycles. The molecule has 3 rings (SSSR count). The summed E-state index contributed by atoms with van der Waals surface area (Å²) in [7, 11) is 0. The van der Waals surface area contributed by atoms with Gasteiger partial charge in [-0.3, -0.25) is 9.59 Å². The molecule has 9 heteroatoms. The van der Waals surface area contributed by atoms with Gasteiger partial charge >= 0.3 is 0 Å². The average molecular weight is 438 g/mol. The van der Waals surface area contributed by atoms with Crippen molar-refractivity contribution in [2.45, 2.75) is 19.4 Å². The van der Waals surface area contributed by atoms with Crippen LogP contribution in [-0.2, 0) is 4.79 Å². The highest BCUT2D eigenvalue weighted by Crippen LogP contribution is 2.22. The largest absolute Gasteiger partial charge is 0.366 e. The Hall–Kier alpha value is -1.02. The molecule has 152 valence electrons. The minimum absolute atomic E-state index is 0. The fourth-order valence-electron chi connectivity index (χ4n) is 3.27. The summed E-state index contributed by atoms with van der Waals surface area (Å²) in [5.74, 6) is 1.75. The molecule has 0 aliphatic carbocycles. The van der Waals surface area contributed by atoms with E-state index in [1.54, 1.807) is 12.1 Å². The van der Waals surface area contributed by atoms with Gasteiger partial charge in [-0.05, 0) is 25.1 Å². The third kappa shape index (κ3) is 6.24. The summed E-state index contributed by atoms with van der Waals surface area (Å²) in [6, 6.07) is 4.87. The number of hydrogen-bond donors (Lipinski definition) is 1. The standard InChI is InChI=1S/C18H24FN3O2S.2ClH/c1-13(23)14-2-3-17(16(19)10-14)21-5-7-22(8-6-21)18(24)11-15-12-25-9-4-20-15;;/h2-3,10,15,20H,4-9,11-12H2,1H3;2*1H. The van der Waals surface area contributed by atoms with E-state index in [1.165, 1.54) is 13.0 Å². The number of piperazine rings is 1. The number of benzene rings is 1. The van der Waals surface area contributed by atoms with Crippen LogP contribution in [0.2, 0.25) is 0 Å². The number of carbonyl (C=O) groups is 2. The first-order valence-corrected chi connectivity index (χ1v) is 9.84. The Morgan fingerprint density at radius 2 is 1.93 bits per heavy atom. The van der Waals surface area contributed by atoms with Gasteiger partial charge in [-0.2, -0.15) is 11.8 Å². The van der Waals surface area contributed by atoms with Crippen molar-refractivity contribution in [1.82, 2.24) is 10.2 Å². The summed E-state index contributed by atoms with van der Waals surface area (Å²) in [4.78, 5) is 27.6. The van der Waals surface area contributed by atoms with Crippen molar-refractivity contribution in [3.05, 3.63) is 29.6 Å². The minimum atomic E-state index is -0.379. The van der Waals surface area contributed by atoms with Crippen LogP contribution in [0.15, 0.2) is 18.2 Å². The van der Waals surface area contributed by atoms with Crippen molar-refractivity contribution in [1.29, 1.82) is 0 Å². The maximum atomic E-state index is 14.3. The molecule has 2 heterocycles. The number of nitrogens with zero attached hydrogens (tertiary/aromatic N) is 2. The molecule has 2 aliphatic rings. The number of Topliss-reactive ketones (excluding diaryl/α,β-unsaturated/α-hetero) is 1. The molecule has 0 radical (unpaired) electrons. The first-order chi connectivity index (χ1) is 12.0. The Labute approximate surface area is 176 Å². The van der Waals surface area contributed by atoms with Crippen LogP contribution < -0.4 is 10.2 Å². The minimum Gasteiger partial charge on any atom is -0.366 e. The maximum Gasteiger partial charge on any atom is 0.224 e. The van der Waals surface area contributed by atoms with Crippen LogP contribution in [0.1, 0.15) is 23.7 Å². The van der Waals surface area contributed by atoms with Crippen molar-refractivity contribution in [3.8, 4) is 0 Å². The molecule has 27 heavy (non-hydrogen) atoms. The third-order valence-corrected chi connectivity index (χ3v) is 5.88. The number of carbonyl (C=O) groups excluding carboxylic acids is 2. The third-order valence-electron chi connectivity index (χ3n) is 4.75. The normalized spacial score (nSPS) is 19.7. The lowest BCUT2D eigenvalue weighted by molar-refractivity contribution is -0.131. The molecule has 0 saturated carbocycles. The van der Waals surface area contributed by atoms with Crippen LogP contribution >= 0.6 is 36.6 Å². The molecule has 1 unspecified atom stereocenters. The predicted octanol–water partition coefficient (Wildman–Crippen LogP) is 2.62. The monoisotopic (exact) mass is 437 g/mol. The van der Waals surface area contributed by atoms with Gasteiger partial charge in [0.1, 0.15) is 5.82 Å². The Morgan fingerprint density at radius 1 is 1.22 bits per heavy atom. The van der Waals surface area contributed by atoms with Crippen LogP contribution in [0.4, 0.5) is 10.1 Å². The van der Waals surface area contributed by atoms with E-state index in [-0.39, 0.29) is 48.4 Å². The van der Waals surface area contributed by atoms with Crippen molar-refractivity contribution < 1.29 is 14.0 Å². The lowest BCUT2D eigenvalue weighted by Crippen LogP contribution is -2.51. The lowest BCUT2D eigenvalue weighted by atomic mass is 10.1. The molecule has 0 bridgehead atoms. The zero-order chi connectivity index (χ0) is 17.8. The lowest BCUT2D eigenvalue weighted by Gasteiger charge is -2.37. The molecular formula is C18H26Cl2FN3O2S. The van der Waals surface area contributed by atoms with Crippen LogP contribution in [0.25, 0.3) is 0 Å². The molecule has 1 aromatic rings. The van der Waals surface area contributed by atoms with E-state index >= 15 is 0 Å². The first-order valence-electron chi connectivity index (χ1n) is 8.69. The molecule has 1 N–H and O–H groups in total. The number of nitrogens with one attached hydrogen (secondary N) is 1. The SMILES string of the molecule is CC(=O)c1ccc(N2CCN(C(=O)CC3CSCCN3)CC2)c(F)c1.Cl.Cl. The first kappa shape index (κ1) is 24.0. The number of thioether (sulfide) groups is 1. The van der Waals surface area contributed by atoms with Crippen molar-refractivity contribution in [2.75, 3.05) is 49.1 Å². The van der Waals surface area contributed by atoms with Gasteiger partial charge in [0.25, 0.3) is 0 Å². The van der Waals surface area contributed by atoms with Gasteiger partial charge in [0, 0.05) is 62.3 Å². The summed E-state index contributed by atoms with van der Waals surface area (Å²) in [5, 5.41) is 3.39. The van der Waals surface area contributed by atoms with E-state index in [1.807, 2.05) is 21.6 Å². The Bertz CT molecular complexity index is 651. The van der Waals surface area contributed by atoms with Gasteiger partial charge < -0.3 is 15.1 Å². The molecule has 0 spiro atoms. The van der Waals surface area contributed by atoms with Gasteiger partial charge in [-0.25, -0.2) is 4.39 Å². The second kappa shape index (κ2) is 11.1. The summed E-state index contributed by atoms with van der Waals surface area (Å²) in [6.45, 7) is 4.81. The summed E-state index contributed by atoms with van der Waals surface area (Å²) in [5.41, 5.74) is 0.885. The zero-order valence-corrected chi connectivity index (χ0v) is 17.7. The van der Waals surface area contributed by atoms with Gasteiger partial charge in [0.2, 0.25) is 5.91 Å². The topological polar surface area (TPSA) is 52.7 Å². The number of ketones is 1. The van der Waals surface area contributed by atoms with E-state index in [9.17, 15) is 14.0 Å². The maximum absolute atomic E-state index is 14.3. The molecule has 2 fully saturated rings. The quantitative estimate of drug-likeness (QED) is 0.733. The number of anilines is 1. The fraction of sp³-hybridized carbons (Fsp3) is 0.556. The van der Waals surface area contributed by atoms with Crippen LogP contribution in [-0.4, -0.2) is 66.9 Å². The Kier molecular flexibility index (Phi) is 9.87. The second-order valence-electron chi connectivity index (χ2n) is 6.52. The molecule has 1 amide bonds. The number of amides is 1. The average Bonchev–Trinajstić information content (AvgIpc) is 2.62. The molecule has 5 nitrogen and oxygen atoms in total. The smallest absolute Gasteiger partial charge is 0.224 e. The summed E-state index contributed by atoms with van der Waals surface area (Å²) < 4.78 is 14.3. The van der Waals surface area contributed by atoms with Crippen molar-refractivity contribution in [3.63, 3.8) is 0 Å². The summed E-state index contributed by atoms with van der Waals surface area (Å²) >= 11 is 1.89. The zero-order valence-electron chi connectivity index (χ0n) is 15.3. The van der Waals surface area contributed by atoms with Crippen LogP contribution in [0.3, 0.4) is 0 Å². The van der Waals surface area contributed by atoms with E-state index in [0.29, 0.717) is 43.9 Å². The molecule has 0 aromatic heterocycles. The number of hydrogen-bond acceptors (Lipinski definition) is 5. The second-order valence-corrected chi connectivity index (χ2v) is 7.67. The van der Waals surface area contributed by atoms with E-state index in [4.69, 9.17) is 0 Å². The van der Waals surface area contributed by atoms with E-state index < -0.39 is 0 Å². The van der Waals surface area contributed by atoms with Crippen LogP contribution in [0, 0.1) is 5.82 Å². The van der Waals surface area contributed by atoms with Gasteiger partial charge in [0.05, 0.1) is 5.69 Å². The molecule has 2 aliphatic heterocycles. The predicted molar refractivity (Wildman–Crippen MR) is 113 cm³/mol. The summed E-state index contributed by atoms with van der Waals surface area (Å²) in [6.07, 6.45) is 0.536. The van der Waals surface area contributed by atoms with Gasteiger partial charge in [0.15, 0.2) is 5.78 Å². The molecule has 1 atom stereocenters. The highest BCUT2D eigenvalue weighted by molar-refractivity contribution is 7.99. The van der Waals surface area contributed by atoms with E-state index in [0.717, 1.165) is 18.1 Å².